The average Bonchev–Trinajstić information content (AvgIpc) is 2.52. The molecule has 134 valence electrons. The van der Waals surface area contributed by atoms with Crippen molar-refractivity contribution in [2.45, 2.75) is 30.4 Å². The molecule has 5 nitrogen and oxygen atoms in total. The van der Waals surface area contributed by atoms with E-state index in [1.54, 1.807) is 30.3 Å². The molecular formula is C17H21FN2O3SSi. The van der Waals surface area contributed by atoms with Crippen LogP contribution in [0.2, 0.25) is 19.6 Å². The topological polar surface area (TPSA) is 81.8 Å². The minimum absolute atomic E-state index is 0.0979. The highest BCUT2D eigenvalue weighted by Gasteiger charge is 2.64. The number of hydrogen-bond acceptors (Lipinski definition) is 4. The number of nitrogens with two attached hydrogens (primary N) is 1. The number of halogens is 1. The third kappa shape index (κ3) is 3.46. The molecule has 0 spiro atoms. The highest BCUT2D eigenvalue weighted by molar-refractivity contribution is 7.91. The fourth-order valence-electron chi connectivity index (χ4n) is 2.52. The van der Waals surface area contributed by atoms with Crippen LogP contribution in [0.3, 0.4) is 0 Å². The van der Waals surface area contributed by atoms with Gasteiger partial charge < -0.3 is 4.74 Å². The summed E-state index contributed by atoms with van der Waals surface area (Å²) in [6.07, 6.45) is 2.58. The number of primary sulfonamides is 1. The Kier molecular flexibility index (Phi) is 5.08. The number of sulfonamides is 1. The fraction of sp³-hybridized carbons (Fsp3) is 0.353. The third-order valence-corrected chi connectivity index (χ3v) is 5.99. The zero-order chi connectivity index (χ0) is 18.9. The standard InChI is InChI=1S/C17H21FN2O3SSi/c1-23-17(18)16(24(19,21)22,11-13-25(2,3)4)15(10-12-20-17)14-8-6-5-7-9-14/h5-10,12H,1-4H3,(H2,19,21,22). The van der Waals surface area contributed by atoms with E-state index in [9.17, 15) is 8.42 Å². The first kappa shape index (κ1) is 19.5. The Morgan fingerprint density at radius 2 is 1.84 bits per heavy atom. The molecule has 1 aromatic carbocycles. The number of methoxy groups -OCH3 is 1. The van der Waals surface area contributed by atoms with Crippen molar-refractivity contribution in [3.05, 3.63) is 42.0 Å². The summed E-state index contributed by atoms with van der Waals surface area (Å²) < 4.78 is 43.3. The molecule has 2 atom stereocenters. The largest absolute Gasteiger partial charge is 0.343 e. The van der Waals surface area contributed by atoms with E-state index in [1.165, 1.54) is 12.3 Å². The van der Waals surface area contributed by atoms with Crippen molar-refractivity contribution >= 4 is 29.9 Å². The van der Waals surface area contributed by atoms with Gasteiger partial charge in [0.25, 0.3) is 4.75 Å². The van der Waals surface area contributed by atoms with Crippen LogP contribution in [0.15, 0.2) is 41.4 Å². The number of ether oxygens (including phenoxy) is 1. The van der Waals surface area contributed by atoms with Gasteiger partial charge in [0.2, 0.25) is 10.0 Å². The van der Waals surface area contributed by atoms with Gasteiger partial charge in [-0.05, 0) is 11.6 Å². The molecule has 1 aliphatic heterocycles. The Bertz CT molecular complexity index is 882. The molecule has 2 N–H and O–H groups in total. The summed E-state index contributed by atoms with van der Waals surface area (Å²) in [5, 5.41) is 5.50. The Labute approximate surface area is 148 Å². The van der Waals surface area contributed by atoms with E-state index in [0.717, 1.165) is 7.11 Å². The maximum atomic E-state index is 15.6. The van der Waals surface area contributed by atoms with E-state index in [4.69, 9.17) is 9.88 Å². The molecule has 1 aliphatic rings. The van der Waals surface area contributed by atoms with Crippen LogP contribution < -0.4 is 5.14 Å². The number of benzene rings is 1. The quantitative estimate of drug-likeness (QED) is 0.496. The van der Waals surface area contributed by atoms with E-state index in [1.807, 2.05) is 19.6 Å². The lowest BCUT2D eigenvalue weighted by atomic mass is 9.87. The Morgan fingerprint density at radius 3 is 2.32 bits per heavy atom. The van der Waals surface area contributed by atoms with Gasteiger partial charge in [0, 0.05) is 18.9 Å². The summed E-state index contributed by atoms with van der Waals surface area (Å²) in [6, 6.07) is 8.53. The maximum Gasteiger partial charge on any atom is 0.343 e. The van der Waals surface area contributed by atoms with Crippen LogP contribution in [-0.2, 0) is 14.8 Å². The van der Waals surface area contributed by atoms with Gasteiger partial charge in [-0.2, -0.15) is 4.39 Å². The predicted octanol–water partition coefficient (Wildman–Crippen LogP) is 2.33. The van der Waals surface area contributed by atoms with Crippen molar-refractivity contribution in [3.63, 3.8) is 0 Å². The number of aliphatic imine (C=N–C) groups is 1. The summed E-state index contributed by atoms with van der Waals surface area (Å²) in [5.74, 6) is -0.329. The van der Waals surface area contributed by atoms with Gasteiger partial charge in [0.15, 0.2) is 0 Å². The molecule has 0 bridgehead atoms. The average molecular weight is 381 g/mol. The summed E-state index contributed by atoms with van der Waals surface area (Å²) >= 11 is 0. The molecule has 25 heavy (non-hydrogen) atoms. The molecule has 1 aromatic rings. The maximum absolute atomic E-state index is 15.6. The van der Waals surface area contributed by atoms with Gasteiger partial charge in [-0.15, -0.1) is 5.54 Å². The molecule has 0 fully saturated rings. The van der Waals surface area contributed by atoms with Crippen LogP contribution in [0, 0.1) is 11.5 Å². The van der Waals surface area contributed by atoms with E-state index in [0.29, 0.717) is 5.56 Å². The van der Waals surface area contributed by atoms with Crippen molar-refractivity contribution in [2.24, 2.45) is 10.1 Å². The van der Waals surface area contributed by atoms with Crippen LogP contribution >= 0.6 is 0 Å². The smallest absolute Gasteiger partial charge is 0.329 e. The zero-order valence-electron chi connectivity index (χ0n) is 14.6. The number of hydrogen-bond donors (Lipinski definition) is 1. The number of allylic oxidation sites excluding steroid dienone is 1. The molecule has 0 aliphatic carbocycles. The van der Waals surface area contributed by atoms with E-state index >= 15 is 4.39 Å². The van der Waals surface area contributed by atoms with Crippen LogP contribution in [0.25, 0.3) is 5.57 Å². The van der Waals surface area contributed by atoms with E-state index in [-0.39, 0.29) is 5.57 Å². The molecule has 2 rings (SSSR count). The number of nitrogens with zero attached hydrogens (tertiary/aromatic N) is 1. The van der Waals surface area contributed by atoms with Crippen LogP contribution in [-0.4, -0.2) is 40.5 Å². The molecule has 8 heteroatoms. The highest BCUT2D eigenvalue weighted by Crippen LogP contribution is 2.46. The summed E-state index contributed by atoms with van der Waals surface area (Å²) in [4.78, 5) is 3.64. The Morgan fingerprint density at radius 1 is 1.24 bits per heavy atom. The molecule has 0 saturated carbocycles. The van der Waals surface area contributed by atoms with Gasteiger partial charge in [-0.25, -0.2) is 18.5 Å². The van der Waals surface area contributed by atoms with Crippen molar-refractivity contribution < 1.29 is 17.5 Å². The lowest BCUT2D eigenvalue weighted by Gasteiger charge is -2.39. The minimum atomic E-state index is -4.56. The number of rotatable bonds is 3. The first-order chi connectivity index (χ1) is 11.5. The zero-order valence-corrected chi connectivity index (χ0v) is 16.4. The van der Waals surface area contributed by atoms with Gasteiger partial charge in [-0.3, -0.25) is 0 Å². The van der Waals surface area contributed by atoms with Gasteiger partial charge in [0.05, 0.1) is 0 Å². The minimum Gasteiger partial charge on any atom is -0.329 e. The first-order valence-electron chi connectivity index (χ1n) is 7.59. The second-order valence-electron chi connectivity index (χ2n) is 6.72. The molecule has 0 amide bonds. The van der Waals surface area contributed by atoms with Crippen LogP contribution in [0.4, 0.5) is 4.39 Å². The predicted molar refractivity (Wildman–Crippen MR) is 101 cm³/mol. The molecular weight excluding hydrogens is 359 g/mol. The molecule has 2 unspecified atom stereocenters. The molecule has 0 aromatic heterocycles. The highest BCUT2D eigenvalue weighted by atomic mass is 32.2. The summed E-state index contributed by atoms with van der Waals surface area (Å²) in [7, 11) is -5.57. The second-order valence-corrected chi connectivity index (χ2v) is 13.2. The Hall–Kier alpha value is -1.79. The molecule has 0 radical (unpaired) electrons. The fourth-order valence-corrected chi connectivity index (χ4v) is 4.34. The lowest BCUT2D eigenvalue weighted by molar-refractivity contribution is -0.119. The van der Waals surface area contributed by atoms with Crippen molar-refractivity contribution in [1.82, 2.24) is 0 Å². The van der Waals surface area contributed by atoms with Gasteiger partial charge in [-0.1, -0.05) is 55.9 Å². The SMILES string of the molecule is COC1(F)N=CC=C(c2ccccc2)C1(C#C[Si](C)(C)C)S(N)(=O)=O. The number of dihydropyridines is 1. The monoisotopic (exact) mass is 380 g/mol. The van der Waals surface area contributed by atoms with Crippen molar-refractivity contribution in [3.8, 4) is 11.5 Å². The van der Waals surface area contributed by atoms with Crippen LogP contribution in [0.1, 0.15) is 5.56 Å². The van der Waals surface area contributed by atoms with Crippen molar-refractivity contribution in [2.75, 3.05) is 7.11 Å². The van der Waals surface area contributed by atoms with Crippen molar-refractivity contribution in [1.29, 1.82) is 0 Å². The van der Waals surface area contributed by atoms with E-state index in [2.05, 4.69) is 16.5 Å². The molecule has 0 saturated heterocycles. The Balaban J connectivity index is 2.91. The number of alkyl halides is 1. The van der Waals surface area contributed by atoms with Gasteiger partial charge >= 0.3 is 5.98 Å². The normalized spacial score (nSPS) is 26.6. The van der Waals surface area contributed by atoms with E-state index < -0.39 is 28.8 Å². The van der Waals surface area contributed by atoms with Crippen LogP contribution in [0.5, 0.6) is 0 Å². The second kappa shape index (κ2) is 6.50. The molecule has 1 heterocycles. The summed E-state index contributed by atoms with van der Waals surface area (Å²) in [6.45, 7) is 5.75. The van der Waals surface area contributed by atoms with Gasteiger partial charge in [0.1, 0.15) is 8.07 Å². The summed E-state index contributed by atoms with van der Waals surface area (Å²) in [5.41, 5.74) is 3.50. The third-order valence-electron chi connectivity index (χ3n) is 3.69. The lowest BCUT2D eigenvalue weighted by Crippen LogP contribution is -2.60. The first-order valence-corrected chi connectivity index (χ1v) is 12.6.